The van der Waals surface area contributed by atoms with Gasteiger partial charge in [-0.05, 0) is 96.4 Å². The van der Waals surface area contributed by atoms with Gasteiger partial charge in [-0.15, -0.1) is 0 Å². The summed E-state index contributed by atoms with van der Waals surface area (Å²) < 4.78 is 5.46. The molecule has 0 unspecified atom stereocenters. The number of ether oxygens (including phenoxy) is 1. The number of halogens is 2. The molecule has 3 fully saturated rings. The topological polar surface area (TPSA) is 157 Å². The van der Waals surface area contributed by atoms with Crippen molar-refractivity contribution in [3.8, 4) is 11.5 Å². The van der Waals surface area contributed by atoms with Crippen molar-refractivity contribution in [2.75, 3.05) is 17.4 Å². The van der Waals surface area contributed by atoms with E-state index in [1.54, 1.807) is 73.7 Å². The Morgan fingerprint density at radius 1 is 0.889 bits per heavy atom. The molecule has 54 heavy (non-hydrogen) atoms. The summed E-state index contributed by atoms with van der Waals surface area (Å²) in [6, 6.07) is 22.7. The summed E-state index contributed by atoms with van der Waals surface area (Å²) in [7, 11) is -0.276. The third-order valence-corrected chi connectivity index (χ3v) is 12.1. The van der Waals surface area contributed by atoms with E-state index in [1.807, 2.05) is 6.08 Å². The third-order valence-electron chi connectivity index (χ3n) is 11.6. The van der Waals surface area contributed by atoms with Crippen LogP contribution in [0.4, 0.5) is 11.4 Å². The van der Waals surface area contributed by atoms with Crippen LogP contribution in [0.5, 0.6) is 11.5 Å². The Hall–Kier alpha value is -5.14. The van der Waals surface area contributed by atoms with Crippen LogP contribution in [-0.4, -0.2) is 58.0 Å². The molecule has 14 heteroatoms. The number of hydrogen-bond acceptors (Lipinski definition) is 9. The van der Waals surface area contributed by atoms with E-state index in [-0.39, 0.29) is 40.5 Å². The van der Waals surface area contributed by atoms with Gasteiger partial charge in [0, 0.05) is 10.9 Å². The van der Waals surface area contributed by atoms with Gasteiger partial charge in [-0.2, -0.15) is 5.01 Å². The number of anilines is 2. The van der Waals surface area contributed by atoms with Crippen LogP contribution >= 0.6 is 23.2 Å². The summed E-state index contributed by atoms with van der Waals surface area (Å²) >= 11 is 12.7. The lowest BCUT2D eigenvalue weighted by molar-refractivity contribution is -0.138. The molecule has 4 aromatic carbocycles. The lowest BCUT2D eigenvalue weighted by Crippen LogP contribution is -2.53. The first-order valence-electron chi connectivity index (χ1n) is 17.4. The number of imide groups is 2. The number of carbonyl (C=O) groups excluding carboxylic acids is 4. The molecule has 8 rings (SSSR count). The number of benzene rings is 4. The largest absolute Gasteiger partial charge is 0.508 e. The minimum atomic E-state index is -1.81. The molecule has 2 heterocycles. The van der Waals surface area contributed by atoms with Crippen LogP contribution in [0.2, 0.25) is 10.0 Å². The minimum absolute atomic E-state index is 0.0516. The molecule has 2 aliphatic carbocycles. The number of phenols is 1. The highest BCUT2D eigenvalue weighted by Crippen LogP contribution is 2.64. The van der Waals surface area contributed by atoms with Crippen LogP contribution in [0.1, 0.15) is 35.4 Å². The fraction of sp³-hybridized carbons (Fsp3) is 0.250. The first-order chi connectivity index (χ1) is 25.9. The quantitative estimate of drug-likeness (QED) is 0.117. The molecule has 0 radical (unpaired) electrons. The monoisotopic (exact) mass is 765 g/mol. The smallest absolute Gasteiger partial charge is 0.488 e. The molecule has 1 saturated carbocycles. The van der Waals surface area contributed by atoms with Crippen LogP contribution in [0.25, 0.3) is 0 Å². The average Bonchev–Trinajstić information content (AvgIpc) is 3.54. The lowest BCUT2D eigenvalue weighted by atomic mass is 9.49. The van der Waals surface area contributed by atoms with Gasteiger partial charge in [-0.1, -0.05) is 71.2 Å². The zero-order valence-corrected chi connectivity index (χ0v) is 30.6. The average molecular weight is 766 g/mol. The molecular weight excluding hydrogens is 732 g/mol. The Kier molecular flexibility index (Phi) is 8.84. The Balaban J connectivity index is 1.32. The normalized spacial score (nSPS) is 26.0. The number of carbonyl (C=O) groups is 4. The van der Waals surface area contributed by atoms with Gasteiger partial charge in [0.25, 0.3) is 11.8 Å². The van der Waals surface area contributed by atoms with E-state index in [4.69, 9.17) is 27.9 Å². The van der Waals surface area contributed by atoms with Crippen LogP contribution in [0, 0.1) is 30.6 Å². The van der Waals surface area contributed by atoms with Gasteiger partial charge in [0.05, 0.1) is 46.7 Å². The Labute approximate surface area is 320 Å². The number of nitrogens with one attached hydrogen (secondary N) is 1. The van der Waals surface area contributed by atoms with E-state index < -0.39 is 65.8 Å². The molecule has 4 amide bonds. The Morgan fingerprint density at radius 2 is 1.65 bits per heavy atom. The van der Waals surface area contributed by atoms with Gasteiger partial charge in [0.15, 0.2) is 0 Å². The van der Waals surface area contributed by atoms with Gasteiger partial charge < -0.3 is 19.9 Å². The maximum atomic E-state index is 15.4. The predicted octanol–water partition coefficient (Wildman–Crippen LogP) is 4.89. The summed E-state index contributed by atoms with van der Waals surface area (Å²) in [5.41, 5.74) is 4.52. The van der Waals surface area contributed by atoms with E-state index in [0.29, 0.717) is 27.5 Å². The van der Waals surface area contributed by atoms with Gasteiger partial charge in [-0.25, -0.2) is 0 Å². The summed E-state index contributed by atoms with van der Waals surface area (Å²) in [4.78, 5) is 60.0. The maximum Gasteiger partial charge on any atom is 0.488 e. The van der Waals surface area contributed by atoms with Crippen molar-refractivity contribution in [2.24, 2.45) is 23.7 Å². The molecule has 0 spiro atoms. The molecule has 11 nitrogen and oxygen atoms in total. The second-order valence-electron chi connectivity index (χ2n) is 14.2. The molecule has 4 aliphatic rings. The van der Waals surface area contributed by atoms with E-state index in [0.717, 1.165) is 15.5 Å². The second kappa shape index (κ2) is 13.3. The van der Waals surface area contributed by atoms with Crippen LogP contribution in [-0.2, 0) is 24.6 Å². The molecule has 2 aliphatic heterocycles. The Morgan fingerprint density at radius 3 is 2.33 bits per heavy atom. The summed E-state index contributed by atoms with van der Waals surface area (Å²) in [5, 5.41) is 31.8. The molecule has 2 saturated heterocycles. The Bertz CT molecular complexity index is 2280. The molecule has 6 atom stereocenters. The van der Waals surface area contributed by atoms with Crippen molar-refractivity contribution in [3.63, 3.8) is 0 Å². The predicted molar refractivity (Wildman–Crippen MR) is 202 cm³/mol. The summed E-state index contributed by atoms with van der Waals surface area (Å²) in [5.74, 6) is -5.48. The molecule has 0 aromatic heterocycles. The highest BCUT2D eigenvalue weighted by molar-refractivity contribution is 6.58. The van der Waals surface area contributed by atoms with E-state index in [1.165, 1.54) is 25.3 Å². The first kappa shape index (κ1) is 35.9. The SMILES string of the molecule is COc1ccc([C@@]23C(=O)N(Nc4ccc(Cl)cc4Cl)C(=O)[C@@H]2C[C@@H]2C(=CC[C@@H]4C(=O)N(c5cccc(B(O)O)c5)C(=O)[C@@H]42)[C@@H]3c2ccc(O)c(C)c2)cc1. The zero-order valence-electron chi connectivity index (χ0n) is 29.1. The van der Waals surface area contributed by atoms with Crippen LogP contribution < -0.4 is 20.5 Å². The number of phenolic OH excluding ortho intramolecular Hbond substituents is 1. The number of nitrogens with zero attached hydrogens (tertiary/aromatic N) is 2. The zero-order chi connectivity index (χ0) is 38.2. The third kappa shape index (κ3) is 5.34. The number of methoxy groups -OCH3 is 1. The molecule has 0 bridgehead atoms. The number of allylic oxidation sites excluding steroid dienone is 2. The van der Waals surface area contributed by atoms with E-state index >= 15 is 4.79 Å². The molecule has 4 aromatic rings. The highest BCUT2D eigenvalue weighted by Gasteiger charge is 2.70. The van der Waals surface area contributed by atoms with Gasteiger partial charge in [0.2, 0.25) is 11.8 Å². The number of amides is 4. The van der Waals surface area contributed by atoms with Crippen molar-refractivity contribution in [1.29, 1.82) is 0 Å². The van der Waals surface area contributed by atoms with Crippen molar-refractivity contribution in [3.05, 3.63) is 123 Å². The summed E-state index contributed by atoms with van der Waals surface area (Å²) in [6.45, 7) is 1.74. The van der Waals surface area contributed by atoms with Crippen molar-refractivity contribution in [2.45, 2.75) is 31.1 Å². The van der Waals surface area contributed by atoms with Gasteiger partial charge >= 0.3 is 7.12 Å². The second-order valence-corrected chi connectivity index (χ2v) is 15.1. The molecule has 4 N–H and O–H groups in total. The van der Waals surface area contributed by atoms with Crippen molar-refractivity contribution in [1.82, 2.24) is 5.01 Å². The molecule has 274 valence electrons. The number of fused-ring (bicyclic) bond motifs is 4. The van der Waals surface area contributed by atoms with Gasteiger partial charge in [0.1, 0.15) is 11.5 Å². The fourth-order valence-corrected chi connectivity index (χ4v) is 9.61. The van der Waals surface area contributed by atoms with E-state index in [2.05, 4.69) is 5.43 Å². The van der Waals surface area contributed by atoms with Crippen LogP contribution in [0.15, 0.2) is 96.6 Å². The number of aromatic hydroxyl groups is 1. The number of hydrogen-bond donors (Lipinski definition) is 4. The standard InChI is InChI=1S/C40H34BCl2N3O8/c1-20-16-21(6-15-33(20)47)35-27-12-13-28-34(38(50)45(36(28)48)25-5-3-4-23(17-25)41(52)53)29(27)19-30-37(49)46(44-32-14-9-24(42)18-31(32)43)39(51)40(30,35)22-7-10-26(54-2)11-8-22/h3-12,14-18,28-30,34-35,44,47,52-53H,13,19H2,1-2H3/t28-,29+,30-,34-,35-,40+/m0/s1. The number of rotatable bonds is 7. The van der Waals surface area contributed by atoms with Crippen molar-refractivity contribution >= 4 is 70.8 Å². The fourth-order valence-electron chi connectivity index (χ4n) is 9.16. The lowest BCUT2D eigenvalue weighted by Gasteiger charge is -2.50. The van der Waals surface area contributed by atoms with Crippen molar-refractivity contribution < 1.29 is 39.1 Å². The summed E-state index contributed by atoms with van der Waals surface area (Å²) in [6.07, 6.45) is 2.19. The maximum absolute atomic E-state index is 15.4. The highest BCUT2D eigenvalue weighted by atomic mass is 35.5. The number of hydrazine groups is 1. The van der Waals surface area contributed by atoms with E-state index in [9.17, 15) is 29.5 Å². The number of aryl methyl sites for hydroxylation is 1. The first-order valence-corrected chi connectivity index (χ1v) is 18.2. The van der Waals surface area contributed by atoms with Crippen LogP contribution in [0.3, 0.4) is 0 Å². The molecular formula is C40H34BCl2N3O8. The van der Waals surface area contributed by atoms with Gasteiger partial charge in [-0.3, -0.25) is 29.5 Å². The minimum Gasteiger partial charge on any atom is -0.508 e.